The molecule has 25 heavy (non-hydrogen) atoms. The summed E-state index contributed by atoms with van der Waals surface area (Å²) in [6, 6.07) is 0.444. The van der Waals surface area contributed by atoms with Crippen LogP contribution in [0.5, 0.6) is 0 Å². The Morgan fingerprint density at radius 1 is 1.20 bits per heavy atom. The molecule has 0 bridgehead atoms. The number of amides is 1. The summed E-state index contributed by atoms with van der Waals surface area (Å²) in [5.41, 5.74) is -0.869. The first-order valence-electron chi connectivity index (χ1n) is 10.0. The number of likely N-dealkylation sites (tertiary alicyclic amines) is 3. The molecule has 1 amide bonds. The topological polar surface area (TPSA) is 64.1 Å². The maximum atomic E-state index is 12.9. The van der Waals surface area contributed by atoms with Gasteiger partial charge in [0.15, 0.2) is 0 Å². The smallest absolute Gasteiger partial charge is 0.313 e. The summed E-state index contributed by atoms with van der Waals surface area (Å²) in [7, 11) is 0. The van der Waals surface area contributed by atoms with Crippen molar-refractivity contribution in [2.75, 3.05) is 45.8 Å². The standard InChI is InChI=1S/C19H31N3O3/c1-2-7-20-8-5-15(6-9-20)21-11-16-17(23)22(10-14-3-4-14)13-19(16,12-21)18(24)25/h14-16H,2-13H2,1H3,(H,24,25)/t16-,19-/m0/s1. The summed E-state index contributed by atoms with van der Waals surface area (Å²) in [5.74, 6) is -0.389. The van der Waals surface area contributed by atoms with Gasteiger partial charge in [-0.15, -0.1) is 0 Å². The second-order valence-electron chi connectivity index (χ2n) is 8.68. The predicted octanol–water partition coefficient (Wildman–Crippen LogP) is 1.12. The highest BCUT2D eigenvalue weighted by atomic mass is 16.4. The SMILES string of the molecule is CCCN1CCC(N2C[C@H]3C(=O)N(CC4CC4)C[C@@]3(C(=O)O)C2)CC1. The van der Waals surface area contributed by atoms with Crippen LogP contribution in [-0.4, -0.2) is 83.5 Å². The second-order valence-corrected chi connectivity index (χ2v) is 8.68. The first kappa shape index (κ1) is 17.3. The van der Waals surface area contributed by atoms with Crippen LogP contribution in [0.25, 0.3) is 0 Å². The highest BCUT2D eigenvalue weighted by Gasteiger charge is 2.62. The van der Waals surface area contributed by atoms with E-state index in [1.165, 1.54) is 19.3 Å². The van der Waals surface area contributed by atoms with Crippen LogP contribution in [-0.2, 0) is 9.59 Å². The lowest BCUT2D eigenvalue weighted by molar-refractivity contribution is -0.149. The van der Waals surface area contributed by atoms with Crippen LogP contribution in [0.4, 0.5) is 0 Å². The van der Waals surface area contributed by atoms with E-state index in [0.29, 0.717) is 31.6 Å². The Balaban J connectivity index is 1.42. The van der Waals surface area contributed by atoms with Gasteiger partial charge in [-0.05, 0) is 57.7 Å². The molecule has 4 fully saturated rings. The van der Waals surface area contributed by atoms with Gasteiger partial charge in [0.25, 0.3) is 0 Å². The fraction of sp³-hybridized carbons (Fsp3) is 0.895. The lowest BCUT2D eigenvalue weighted by Crippen LogP contribution is -2.47. The molecule has 3 saturated heterocycles. The number of aliphatic carboxylic acids is 1. The largest absolute Gasteiger partial charge is 0.481 e. The van der Waals surface area contributed by atoms with E-state index in [-0.39, 0.29) is 11.8 Å². The Kier molecular flexibility index (Phi) is 4.52. The van der Waals surface area contributed by atoms with Gasteiger partial charge >= 0.3 is 5.97 Å². The number of fused-ring (bicyclic) bond motifs is 1. The Morgan fingerprint density at radius 2 is 1.92 bits per heavy atom. The van der Waals surface area contributed by atoms with Crippen molar-refractivity contribution < 1.29 is 14.7 Å². The van der Waals surface area contributed by atoms with Gasteiger partial charge in [0.2, 0.25) is 5.91 Å². The third-order valence-corrected chi connectivity index (χ3v) is 6.87. The zero-order valence-electron chi connectivity index (χ0n) is 15.3. The van der Waals surface area contributed by atoms with E-state index in [1.54, 1.807) is 0 Å². The lowest BCUT2D eigenvalue weighted by Gasteiger charge is -2.37. The van der Waals surface area contributed by atoms with Crippen molar-refractivity contribution in [1.29, 1.82) is 0 Å². The third kappa shape index (κ3) is 3.08. The van der Waals surface area contributed by atoms with Crippen molar-refractivity contribution in [2.45, 2.75) is 45.1 Å². The summed E-state index contributed by atoms with van der Waals surface area (Å²) in [4.78, 5) is 31.7. The second kappa shape index (κ2) is 6.54. The fourth-order valence-corrected chi connectivity index (χ4v) is 5.21. The summed E-state index contributed by atoms with van der Waals surface area (Å²) in [6.45, 7) is 7.96. The molecule has 3 aliphatic heterocycles. The Morgan fingerprint density at radius 3 is 2.48 bits per heavy atom. The van der Waals surface area contributed by atoms with E-state index in [9.17, 15) is 14.7 Å². The molecule has 0 aromatic heterocycles. The average molecular weight is 349 g/mol. The minimum Gasteiger partial charge on any atom is -0.481 e. The van der Waals surface area contributed by atoms with Gasteiger partial charge in [0.1, 0.15) is 5.41 Å². The first-order valence-corrected chi connectivity index (χ1v) is 10.0. The van der Waals surface area contributed by atoms with Crippen LogP contribution < -0.4 is 0 Å². The van der Waals surface area contributed by atoms with Crippen molar-refractivity contribution in [3.05, 3.63) is 0 Å². The molecule has 0 unspecified atom stereocenters. The Hall–Kier alpha value is -1.14. The molecule has 0 aromatic rings. The number of carbonyl (C=O) groups is 2. The van der Waals surface area contributed by atoms with Crippen molar-refractivity contribution in [3.8, 4) is 0 Å². The molecule has 1 N–H and O–H groups in total. The Bertz CT molecular complexity index is 542. The molecule has 4 aliphatic rings. The van der Waals surface area contributed by atoms with Gasteiger partial charge in [-0.25, -0.2) is 0 Å². The first-order chi connectivity index (χ1) is 12.0. The average Bonchev–Trinajstić information content (AvgIpc) is 3.26. The van der Waals surface area contributed by atoms with E-state index in [2.05, 4.69) is 16.7 Å². The molecule has 140 valence electrons. The highest BCUT2D eigenvalue weighted by Crippen LogP contribution is 2.46. The van der Waals surface area contributed by atoms with Gasteiger partial charge in [0, 0.05) is 32.2 Å². The molecule has 0 radical (unpaired) electrons. The van der Waals surface area contributed by atoms with E-state index in [0.717, 1.165) is 39.0 Å². The van der Waals surface area contributed by atoms with E-state index in [4.69, 9.17) is 0 Å². The molecule has 1 saturated carbocycles. The minimum absolute atomic E-state index is 0.0974. The van der Waals surface area contributed by atoms with E-state index >= 15 is 0 Å². The summed E-state index contributed by atoms with van der Waals surface area (Å²) < 4.78 is 0. The van der Waals surface area contributed by atoms with Gasteiger partial charge < -0.3 is 14.9 Å². The third-order valence-electron chi connectivity index (χ3n) is 6.87. The van der Waals surface area contributed by atoms with Gasteiger partial charge in [0.05, 0.1) is 5.92 Å². The van der Waals surface area contributed by atoms with E-state index in [1.807, 2.05) is 4.90 Å². The molecule has 3 heterocycles. The molecule has 1 aliphatic carbocycles. The van der Waals surface area contributed by atoms with Crippen molar-refractivity contribution in [3.63, 3.8) is 0 Å². The molecule has 2 atom stereocenters. The van der Waals surface area contributed by atoms with Crippen LogP contribution in [0.15, 0.2) is 0 Å². The van der Waals surface area contributed by atoms with Crippen molar-refractivity contribution >= 4 is 11.9 Å². The fourth-order valence-electron chi connectivity index (χ4n) is 5.21. The molecule has 6 nitrogen and oxygen atoms in total. The van der Waals surface area contributed by atoms with Crippen molar-refractivity contribution in [1.82, 2.24) is 14.7 Å². The molecular formula is C19H31N3O3. The Labute approximate surface area is 150 Å². The number of hydrogen-bond acceptors (Lipinski definition) is 4. The number of carbonyl (C=O) groups excluding carboxylic acids is 1. The lowest BCUT2D eigenvalue weighted by atomic mass is 9.81. The van der Waals surface area contributed by atoms with Gasteiger partial charge in [-0.2, -0.15) is 0 Å². The molecule has 0 aromatic carbocycles. The molecule has 6 heteroatoms. The zero-order valence-corrected chi connectivity index (χ0v) is 15.3. The summed E-state index contributed by atoms with van der Waals surface area (Å²) in [6.07, 6.45) is 5.77. The summed E-state index contributed by atoms with van der Waals surface area (Å²) >= 11 is 0. The monoisotopic (exact) mass is 349 g/mol. The maximum absolute atomic E-state index is 12.9. The normalized spacial score (nSPS) is 34.7. The number of hydrogen-bond donors (Lipinski definition) is 1. The van der Waals surface area contributed by atoms with Gasteiger partial charge in [-0.1, -0.05) is 6.92 Å². The highest BCUT2D eigenvalue weighted by molar-refractivity contribution is 5.92. The van der Waals surface area contributed by atoms with Crippen LogP contribution in [0.3, 0.4) is 0 Å². The number of carboxylic acid groups (broad SMARTS) is 1. The van der Waals surface area contributed by atoms with Crippen LogP contribution in [0.2, 0.25) is 0 Å². The maximum Gasteiger partial charge on any atom is 0.313 e. The minimum atomic E-state index is -0.869. The predicted molar refractivity (Wildman–Crippen MR) is 94.2 cm³/mol. The quantitative estimate of drug-likeness (QED) is 0.778. The number of carboxylic acids is 1. The summed E-state index contributed by atoms with van der Waals surface area (Å²) in [5, 5.41) is 9.97. The van der Waals surface area contributed by atoms with Crippen LogP contribution >= 0.6 is 0 Å². The zero-order chi connectivity index (χ0) is 17.6. The number of nitrogens with zero attached hydrogens (tertiary/aromatic N) is 3. The number of rotatable bonds is 6. The van der Waals surface area contributed by atoms with Crippen molar-refractivity contribution in [2.24, 2.45) is 17.3 Å². The van der Waals surface area contributed by atoms with Gasteiger partial charge in [-0.3, -0.25) is 14.5 Å². The van der Waals surface area contributed by atoms with Crippen LogP contribution in [0.1, 0.15) is 39.0 Å². The molecular weight excluding hydrogens is 318 g/mol. The number of piperidine rings is 1. The van der Waals surface area contributed by atoms with E-state index < -0.39 is 11.4 Å². The molecule has 0 spiro atoms. The van der Waals surface area contributed by atoms with Crippen LogP contribution in [0, 0.1) is 17.3 Å². The molecule has 4 rings (SSSR count).